The first kappa shape index (κ1) is 36.8. The Balaban J connectivity index is 1.02. The molecule has 7 fully saturated rings. The summed E-state index contributed by atoms with van der Waals surface area (Å²) in [5, 5.41) is 12.6. The number of halogens is 2. The molecular formula is C41H59F2N3O6. The van der Waals surface area contributed by atoms with Gasteiger partial charge in [-0.2, -0.15) is 0 Å². The highest BCUT2D eigenvalue weighted by molar-refractivity contribution is 5.76. The molecule has 0 radical (unpaired) electrons. The average Bonchev–Trinajstić information content (AvgIpc) is 3.69. The van der Waals surface area contributed by atoms with E-state index in [4.69, 9.17) is 19.9 Å². The van der Waals surface area contributed by atoms with Gasteiger partial charge in [0.1, 0.15) is 17.9 Å². The number of nitrogens with zero attached hydrogens (tertiary/aromatic N) is 2. The molecule has 2 heterocycles. The minimum absolute atomic E-state index is 0.0397. The van der Waals surface area contributed by atoms with Crippen LogP contribution in [0.3, 0.4) is 0 Å². The number of ether oxygens (including phenoxy) is 3. The number of nitrogens with two attached hydrogens (primary N) is 1. The number of morpholine rings is 1. The van der Waals surface area contributed by atoms with Gasteiger partial charge in [0.25, 0.3) is 0 Å². The Morgan fingerprint density at radius 2 is 1.73 bits per heavy atom. The summed E-state index contributed by atoms with van der Waals surface area (Å²) in [6, 6.07) is 3.37. The zero-order valence-electron chi connectivity index (χ0n) is 31.8. The number of fused-ring (bicyclic) bond motifs is 4. The van der Waals surface area contributed by atoms with Crippen molar-refractivity contribution in [2.45, 2.75) is 130 Å². The van der Waals surface area contributed by atoms with E-state index in [0.717, 1.165) is 44.6 Å². The van der Waals surface area contributed by atoms with Gasteiger partial charge in [-0.25, -0.2) is 8.78 Å². The van der Waals surface area contributed by atoms with Crippen molar-refractivity contribution in [3.05, 3.63) is 35.4 Å². The van der Waals surface area contributed by atoms with Gasteiger partial charge in [-0.05, 0) is 114 Å². The highest BCUT2D eigenvalue weighted by atomic mass is 19.1. The van der Waals surface area contributed by atoms with Gasteiger partial charge in [0.2, 0.25) is 11.8 Å². The second kappa shape index (κ2) is 12.4. The summed E-state index contributed by atoms with van der Waals surface area (Å²) in [4.78, 5) is 28.2. The third-order valence-corrected chi connectivity index (χ3v) is 16.6. The molecule has 1 aromatic rings. The van der Waals surface area contributed by atoms with Crippen LogP contribution in [0.1, 0.15) is 98.5 Å². The maximum atomic E-state index is 14.1. The molecule has 0 bridgehead atoms. The summed E-state index contributed by atoms with van der Waals surface area (Å²) in [6.07, 6.45) is 6.20. The predicted molar refractivity (Wildman–Crippen MR) is 189 cm³/mol. The smallest absolute Gasteiger partial charge is 0.231 e. The number of primary amides is 1. The van der Waals surface area contributed by atoms with Crippen molar-refractivity contribution in [2.24, 2.45) is 56.5 Å². The summed E-state index contributed by atoms with van der Waals surface area (Å²) >= 11 is 0. The molecule has 5 aliphatic carbocycles. The van der Waals surface area contributed by atoms with Crippen molar-refractivity contribution in [2.75, 3.05) is 26.2 Å². The zero-order valence-corrected chi connectivity index (χ0v) is 31.8. The SMILES string of the molecule is CC(=O)N(Cc1cc(F)cc(F)c1)C1C[C@@H](C)[C@H]2C(O1)[C@H](O)[C@@]1(C)C3CC[C@H]4C(C)(C)[C@@H](O[C@H]5CN(CC(N)=O)CCO5)CC[C@@]45C[C@@]35CC[C@]21C. The lowest BCUT2D eigenvalue weighted by Crippen LogP contribution is -2.60. The Morgan fingerprint density at radius 3 is 2.42 bits per heavy atom. The van der Waals surface area contributed by atoms with Crippen molar-refractivity contribution in [3.8, 4) is 0 Å². The van der Waals surface area contributed by atoms with Crippen molar-refractivity contribution in [1.82, 2.24) is 9.80 Å². The lowest BCUT2D eigenvalue weighted by atomic mass is 9.41. The van der Waals surface area contributed by atoms with Gasteiger partial charge in [0.15, 0.2) is 6.29 Å². The number of hydrogen-bond acceptors (Lipinski definition) is 7. The van der Waals surface area contributed by atoms with Crippen LogP contribution in [0.15, 0.2) is 18.2 Å². The van der Waals surface area contributed by atoms with Crippen LogP contribution in [0.25, 0.3) is 0 Å². The fourth-order valence-corrected chi connectivity index (χ4v) is 14.3. The molecular weight excluding hydrogens is 668 g/mol. The van der Waals surface area contributed by atoms with Crippen LogP contribution in [0, 0.1) is 62.4 Å². The first-order chi connectivity index (χ1) is 24.5. The first-order valence-electron chi connectivity index (χ1n) is 19.8. The van der Waals surface area contributed by atoms with Crippen LogP contribution in [0.5, 0.6) is 0 Å². The van der Waals surface area contributed by atoms with Gasteiger partial charge in [0.05, 0.1) is 38.0 Å². The van der Waals surface area contributed by atoms with E-state index in [0.29, 0.717) is 43.5 Å². The van der Waals surface area contributed by atoms with Crippen molar-refractivity contribution < 1.29 is 37.7 Å². The van der Waals surface area contributed by atoms with E-state index in [9.17, 15) is 23.5 Å². The van der Waals surface area contributed by atoms with Crippen LogP contribution in [-0.2, 0) is 30.3 Å². The highest BCUT2D eigenvalue weighted by Crippen LogP contribution is 2.89. The Labute approximate surface area is 307 Å². The Morgan fingerprint density at radius 1 is 1.04 bits per heavy atom. The molecule has 13 atom stereocenters. The quantitative estimate of drug-likeness (QED) is 0.375. The van der Waals surface area contributed by atoms with E-state index in [-0.39, 0.29) is 76.2 Å². The first-order valence-corrected chi connectivity index (χ1v) is 19.8. The number of carbonyl (C=O) groups excluding carboxylic acids is 2. The lowest BCUT2D eigenvalue weighted by Gasteiger charge is -2.64. The highest BCUT2D eigenvalue weighted by Gasteiger charge is 2.84. The average molecular weight is 728 g/mol. The molecule has 52 heavy (non-hydrogen) atoms. The standard InChI is InChI=1S/C41H59F2N3O6/c1-23-15-32(46(24(2)47)19-25-16-26(42)18-27(43)17-25)52-35-34(23)38(5)11-12-41-22-40(41)10-9-30(51-33-21-45(13-14-50-33)20-31(44)48)37(3,4)28(40)7-8-29(41)39(38,6)36(35)49/h16-18,23,28-30,32-36,49H,7-15,19-22H2,1-6H3,(H2,44,48)/t23-,28+,29?,30+,32?,33+,34+,35?,36+,38-,39-,40-,41+/m1/s1. The van der Waals surface area contributed by atoms with E-state index in [1.807, 2.05) is 4.90 Å². The van der Waals surface area contributed by atoms with Gasteiger partial charge >= 0.3 is 0 Å². The molecule has 2 amide bonds. The summed E-state index contributed by atoms with van der Waals surface area (Å²) in [5.74, 6) is -0.721. The number of benzene rings is 1. The van der Waals surface area contributed by atoms with Crippen LogP contribution in [0.2, 0.25) is 0 Å². The van der Waals surface area contributed by atoms with Gasteiger partial charge < -0.3 is 30.0 Å². The van der Waals surface area contributed by atoms with E-state index in [2.05, 4.69) is 34.6 Å². The van der Waals surface area contributed by atoms with Crippen LogP contribution < -0.4 is 5.73 Å². The molecule has 3 unspecified atom stereocenters. The molecule has 0 aromatic heterocycles. The molecule has 2 aliphatic heterocycles. The molecule has 9 nitrogen and oxygen atoms in total. The van der Waals surface area contributed by atoms with E-state index in [1.54, 1.807) is 4.90 Å². The fraction of sp³-hybridized carbons (Fsp3) is 0.805. The summed E-state index contributed by atoms with van der Waals surface area (Å²) in [6.45, 7) is 15.3. The third-order valence-electron chi connectivity index (χ3n) is 16.6. The zero-order chi connectivity index (χ0) is 37.2. The van der Waals surface area contributed by atoms with Crippen molar-refractivity contribution in [1.29, 1.82) is 0 Å². The van der Waals surface area contributed by atoms with Crippen LogP contribution in [-0.4, -0.2) is 83.8 Å². The normalized spacial score (nSPS) is 46.2. The number of aliphatic hydroxyl groups is 1. The Kier molecular flexibility index (Phi) is 8.78. The van der Waals surface area contributed by atoms with Crippen LogP contribution >= 0.6 is 0 Å². The van der Waals surface area contributed by atoms with Gasteiger partial charge in [0, 0.05) is 31.5 Å². The lowest BCUT2D eigenvalue weighted by molar-refractivity contribution is -0.248. The minimum Gasteiger partial charge on any atom is -0.390 e. The monoisotopic (exact) mass is 727 g/mol. The predicted octanol–water partition coefficient (Wildman–Crippen LogP) is 5.61. The van der Waals surface area contributed by atoms with Gasteiger partial charge in [-0.15, -0.1) is 0 Å². The molecule has 8 rings (SSSR count). The van der Waals surface area contributed by atoms with E-state index < -0.39 is 30.1 Å². The fourth-order valence-electron chi connectivity index (χ4n) is 14.3. The number of aliphatic hydroxyl groups excluding tert-OH is 1. The molecule has 2 spiro atoms. The number of amides is 2. The Bertz CT molecular complexity index is 1590. The Hall–Kier alpha value is -2.18. The molecule has 2 saturated heterocycles. The number of carbonyl (C=O) groups is 2. The molecule has 5 saturated carbocycles. The molecule has 11 heteroatoms. The number of rotatable bonds is 7. The van der Waals surface area contributed by atoms with Crippen molar-refractivity contribution >= 4 is 11.8 Å². The molecule has 288 valence electrons. The second-order valence-electron chi connectivity index (χ2n) is 19.0. The summed E-state index contributed by atoms with van der Waals surface area (Å²) in [5.41, 5.74) is 5.71. The van der Waals surface area contributed by atoms with E-state index in [1.165, 1.54) is 25.5 Å². The molecule has 3 N–H and O–H groups in total. The number of hydrogen-bond donors (Lipinski definition) is 2. The molecule has 1 aromatic carbocycles. The molecule has 7 aliphatic rings. The van der Waals surface area contributed by atoms with Crippen molar-refractivity contribution in [3.63, 3.8) is 0 Å². The maximum Gasteiger partial charge on any atom is 0.231 e. The minimum atomic E-state index is -0.691. The second-order valence-corrected chi connectivity index (χ2v) is 19.0. The van der Waals surface area contributed by atoms with Crippen LogP contribution in [0.4, 0.5) is 8.78 Å². The summed E-state index contributed by atoms with van der Waals surface area (Å²) < 4.78 is 47.9. The third kappa shape index (κ3) is 5.21. The van der Waals surface area contributed by atoms with E-state index >= 15 is 0 Å². The summed E-state index contributed by atoms with van der Waals surface area (Å²) in [7, 11) is 0. The van der Waals surface area contributed by atoms with Gasteiger partial charge in [-0.3, -0.25) is 14.5 Å². The maximum absolute atomic E-state index is 14.1. The topological polar surface area (TPSA) is 115 Å². The largest absolute Gasteiger partial charge is 0.390 e. The van der Waals surface area contributed by atoms with Gasteiger partial charge in [-0.1, -0.05) is 34.6 Å².